The van der Waals surface area contributed by atoms with Crippen molar-refractivity contribution in [3.05, 3.63) is 34.1 Å². The van der Waals surface area contributed by atoms with Crippen molar-refractivity contribution in [2.75, 3.05) is 0 Å². The largest absolute Gasteiger partial charge is 0.294 e. The summed E-state index contributed by atoms with van der Waals surface area (Å²) in [4.78, 5) is 12.1. The first-order valence-electron chi connectivity index (χ1n) is 7.55. The van der Waals surface area contributed by atoms with Crippen LogP contribution in [-0.2, 0) is 0 Å². The first kappa shape index (κ1) is 17.2. The first-order chi connectivity index (χ1) is 9.56. The lowest BCUT2D eigenvalue weighted by molar-refractivity contribution is 0.0979. The summed E-state index contributed by atoms with van der Waals surface area (Å²) >= 11 is 5.93. The molecule has 1 rings (SSSR count). The predicted octanol–water partition coefficient (Wildman–Crippen LogP) is 6.11. The number of benzene rings is 1. The predicted molar refractivity (Wildman–Crippen MR) is 83.1 cm³/mol. The monoisotopic (exact) mass is 298 g/mol. The smallest absolute Gasteiger partial charge is 0.164 e. The van der Waals surface area contributed by atoms with E-state index in [2.05, 4.69) is 6.92 Å². The van der Waals surface area contributed by atoms with Gasteiger partial charge in [-0.3, -0.25) is 4.79 Å². The Morgan fingerprint density at radius 3 is 2.35 bits per heavy atom. The van der Waals surface area contributed by atoms with Crippen LogP contribution >= 0.6 is 11.6 Å². The SMILES string of the molecule is CCCCCCCCCC(=O)c1cc(C)c(F)cc1Cl. The molecular formula is C17H24ClFO. The van der Waals surface area contributed by atoms with Gasteiger partial charge in [-0.15, -0.1) is 0 Å². The number of carbonyl (C=O) groups is 1. The lowest BCUT2D eigenvalue weighted by atomic mass is 10.0. The van der Waals surface area contributed by atoms with E-state index in [0.29, 0.717) is 17.5 Å². The van der Waals surface area contributed by atoms with Crippen LogP contribution in [-0.4, -0.2) is 5.78 Å². The van der Waals surface area contributed by atoms with Crippen LogP contribution in [0.2, 0.25) is 5.02 Å². The minimum atomic E-state index is -0.359. The van der Waals surface area contributed by atoms with Crippen LogP contribution in [0, 0.1) is 12.7 Å². The van der Waals surface area contributed by atoms with Gasteiger partial charge in [0.1, 0.15) is 5.82 Å². The normalized spacial score (nSPS) is 10.8. The molecule has 3 heteroatoms. The first-order valence-corrected chi connectivity index (χ1v) is 7.93. The Morgan fingerprint density at radius 1 is 1.10 bits per heavy atom. The maximum Gasteiger partial charge on any atom is 0.164 e. The summed E-state index contributed by atoms with van der Waals surface area (Å²) in [5, 5.41) is 0.223. The zero-order valence-corrected chi connectivity index (χ0v) is 13.2. The fourth-order valence-corrected chi connectivity index (χ4v) is 2.50. The van der Waals surface area contributed by atoms with Crippen LogP contribution in [0.15, 0.2) is 12.1 Å². The lowest BCUT2D eigenvalue weighted by Crippen LogP contribution is -2.02. The number of hydrogen-bond donors (Lipinski definition) is 0. The number of rotatable bonds is 9. The van der Waals surface area contributed by atoms with Gasteiger partial charge in [-0.1, -0.05) is 57.0 Å². The molecule has 0 aliphatic heterocycles. The van der Waals surface area contributed by atoms with Gasteiger partial charge < -0.3 is 0 Å². The summed E-state index contributed by atoms with van der Waals surface area (Å²) in [6.07, 6.45) is 8.73. The minimum absolute atomic E-state index is 0.0201. The number of hydrogen-bond acceptors (Lipinski definition) is 1. The van der Waals surface area contributed by atoms with Crippen molar-refractivity contribution < 1.29 is 9.18 Å². The number of halogens is 2. The average molecular weight is 299 g/mol. The number of ketones is 1. The second-order valence-electron chi connectivity index (χ2n) is 5.38. The molecular weight excluding hydrogens is 275 g/mol. The Hall–Kier alpha value is -0.890. The third-order valence-electron chi connectivity index (χ3n) is 3.56. The summed E-state index contributed by atoms with van der Waals surface area (Å²) < 4.78 is 13.3. The number of Topliss-reactive ketones (excluding diaryl/α,β-unsaturated/α-hetero) is 1. The minimum Gasteiger partial charge on any atom is -0.294 e. The lowest BCUT2D eigenvalue weighted by Gasteiger charge is -2.06. The maximum absolute atomic E-state index is 13.3. The van der Waals surface area contributed by atoms with Gasteiger partial charge in [0, 0.05) is 12.0 Å². The zero-order chi connectivity index (χ0) is 15.0. The third kappa shape index (κ3) is 5.62. The summed E-state index contributed by atoms with van der Waals surface area (Å²) in [5.41, 5.74) is 0.925. The van der Waals surface area contributed by atoms with Crippen LogP contribution in [0.4, 0.5) is 4.39 Å². The van der Waals surface area contributed by atoms with Crippen molar-refractivity contribution in [2.24, 2.45) is 0 Å². The summed E-state index contributed by atoms with van der Waals surface area (Å²) in [6, 6.07) is 2.79. The molecule has 0 fully saturated rings. The highest BCUT2D eigenvalue weighted by molar-refractivity contribution is 6.34. The Morgan fingerprint density at radius 2 is 1.70 bits per heavy atom. The summed E-state index contributed by atoms with van der Waals surface area (Å²) in [5.74, 6) is -0.339. The second kappa shape index (κ2) is 9.12. The van der Waals surface area contributed by atoms with Crippen LogP contribution in [0.3, 0.4) is 0 Å². The van der Waals surface area contributed by atoms with Crippen molar-refractivity contribution in [3.63, 3.8) is 0 Å². The van der Waals surface area contributed by atoms with Crippen LogP contribution in [0.1, 0.15) is 74.2 Å². The molecule has 0 aliphatic rings. The number of carbonyl (C=O) groups excluding carboxylic acids is 1. The molecule has 112 valence electrons. The topological polar surface area (TPSA) is 17.1 Å². The standard InChI is InChI=1S/C17H24ClFO/c1-3-4-5-6-7-8-9-10-17(20)14-11-13(2)16(19)12-15(14)18/h11-12H,3-10H2,1-2H3. The molecule has 0 spiro atoms. The fourth-order valence-electron chi connectivity index (χ4n) is 2.25. The molecule has 0 aliphatic carbocycles. The van der Waals surface area contributed by atoms with Gasteiger partial charge >= 0.3 is 0 Å². The molecule has 1 nitrogen and oxygen atoms in total. The van der Waals surface area contributed by atoms with Crippen molar-refractivity contribution in [2.45, 2.75) is 65.2 Å². The van der Waals surface area contributed by atoms with E-state index >= 15 is 0 Å². The highest BCUT2D eigenvalue weighted by Gasteiger charge is 2.12. The Labute approximate surface area is 126 Å². The molecule has 0 N–H and O–H groups in total. The van der Waals surface area contributed by atoms with Crippen molar-refractivity contribution in [1.29, 1.82) is 0 Å². The molecule has 20 heavy (non-hydrogen) atoms. The molecule has 0 unspecified atom stereocenters. The second-order valence-corrected chi connectivity index (χ2v) is 5.78. The molecule has 0 atom stereocenters. The number of aryl methyl sites for hydroxylation is 1. The molecule has 0 amide bonds. The molecule has 0 aromatic heterocycles. The zero-order valence-electron chi connectivity index (χ0n) is 12.5. The van der Waals surface area contributed by atoms with E-state index in [1.165, 1.54) is 38.2 Å². The molecule has 0 saturated carbocycles. The maximum atomic E-state index is 13.3. The molecule has 0 bridgehead atoms. The van der Waals surface area contributed by atoms with E-state index in [1.54, 1.807) is 13.0 Å². The van der Waals surface area contributed by atoms with E-state index in [4.69, 9.17) is 11.6 Å². The van der Waals surface area contributed by atoms with Gasteiger partial charge in [0.25, 0.3) is 0 Å². The van der Waals surface area contributed by atoms with Gasteiger partial charge in [0.2, 0.25) is 0 Å². The summed E-state index contributed by atoms with van der Waals surface area (Å²) in [7, 11) is 0. The number of unbranched alkanes of at least 4 members (excludes halogenated alkanes) is 6. The van der Waals surface area contributed by atoms with Crippen LogP contribution in [0.5, 0.6) is 0 Å². The van der Waals surface area contributed by atoms with E-state index in [1.807, 2.05) is 0 Å². The van der Waals surface area contributed by atoms with Crippen molar-refractivity contribution >= 4 is 17.4 Å². The van der Waals surface area contributed by atoms with E-state index in [0.717, 1.165) is 12.8 Å². The Balaban J connectivity index is 2.34. The quantitative estimate of drug-likeness (QED) is 0.397. The van der Waals surface area contributed by atoms with E-state index in [-0.39, 0.29) is 16.6 Å². The molecule has 0 saturated heterocycles. The van der Waals surface area contributed by atoms with E-state index < -0.39 is 0 Å². The average Bonchev–Trinajstić information content (AvgIpc) is 2.41. The van der Waals surface area contributed by atoms with Gasteiger partial charge in [0.15, 0.2) is 5.78 Å². The Kier molecular flexibility index (Phi) is 7.83. The van der Waals surface area contributed by atoms with Crippen LogP contribution in [0.25, 0.3) is 0 Å². The van der Waals surface area contributed by atoms with Crippen molar-refractivity contribution in [3.8, 4) is 0 Å². The highest BCUT2D eigenvalue weighted by Crippen LogP contribution is 2.22. The molecule has 1 aromatic carbocycles. The molecule has 1 aromatic rings. The molecule has 0 radical (unpaired) electrons. The fraction of sp³-hybridized carbons (Fsp3) is 0.588. The van der Waals surface area contributed by atoms with Gasteiger partial charge in [-0.2, -0.15) is 0 Å². The Bertz CT molecular complexity index is 443. The third-order valence-corrected chi connectivity index (χ3v) is 3.87. The van der Waals surface area contributed by atoms with Gasteiger partial charge in [-0.05, 0) is 31.0 Å². The highest BCUT2D eigenvalue weighted by atomic mass is 35.5. The van der Waals surface area contributed by atoms with Crippen LogP contribution < -0.4 is 0 Å². The van der Waals surface area contributed by atoms with E-state index in [9.17, 15) is 9.18 Å². The van der Waals surface area contributed by atoms with Gasteiger partial charge in [-0.25, -0.2) is 4.39 Å². The summed E-state index contributed by atoms with van der Waals surface area (Å²) in [6.45, 7) is 3.85. The van der Waals surface area contributed by atoms with Gasteiger partial charge in [0.05, 0.1) is 5.02 Å². The molecule has 0 heterocycles. The van der Waals surface area contributed by atoms with Crippen molar-refractivity contribution in [1.82, 2.24) is 0 Å².